The summed E-state index contributed by atoms with van der Waals surface area (Å²) in [4.78, 5) is 40.3. The molecule has 0 bridgehead atoms. The molecular formula is C25H30N2O4S. The van der Waals surface area contributed by atoms with Crippen LogP contribution in [0.1, 0.15) is 48.5 Å². The Morgan fingerprint density at radius 1 is 1.00 bits per heavy atom. The van der Waals surface area contributed by atoms with E-state index in [0.29, 0.717) is 23.5 Å². The van der Waals surface area contributed by atoms with Crippen LogP contribution in [-0.2, 0) is 14.3 Å². The van der Waals surface area contributed by atoms with E-state index in [4.69, 9.17) is 4.74 Å². The van der Waals surface area contributed by atoms with Gasteiger partial charge < -0.3 is 15.0 Å². The third kappa shape index (κ3) is 6.85. The van der Waals surface area contributed by atoms with Crippen molar-refractivity contribution in [3.05, 3.63) is 59.7 Å². The van der Waals surface area contributed by atoms with Gasteiger partial charge in [0.2, 0.25) is 5.91 Å². The summed E-state index contributed by atoms with van der Waals surface area (Å²) in [5.74, 6) is -0.710. The van der Waals surface area contributed by atoms with Crippen LogP contribution in [-0.4, -0.2) is 47.6 Å². The van der Waals surface area contributed by atoms with Crippen molar-refractivity contribution in [2.45, 2.75) is 50.5 Å². The first kappa shape index (κ1) is 23.9. The molecule has 0 saturated carbocycles. The van der Waals surface area contributed by atoms with Crippen LogP contribution >= 0.6 is 11.8 Å². The summed E-state index contributed by atoms with van der Waals surface area (Å²) in [5, 5.41) is 2.85. The molecule has 0 radical (unpaired) electrons. The molecule has 0 aliphatic carbocycles. The summed E-state index contributed by atoms with van der Waals surface area (Å²) < 4.78 is 5.50. The summed E-state index contributed by atoms with van der Waals surface area (Å²) in [6, 6.07) is 14.6. The summed E-state index contributed by atoms with van der Waals surface area (Å²) >= 11 is 1.26. The van der Waals surface area contributed by atoms with Gasteiger partial charge in [-0.05, 0) is 51.0 Å². The summed E-state index contributed by atoms with van der Waals surface area (Å²) in [5.41, 5.74) is 2.21. The fourth-order valence-corrected chi connectivity index (χ4v) is 4.40. The molecule has 6 nitrogen and oxygen atoms in total. The van der Waals surface area contributed by atoms with Crippen LogP contribution in [0.5, 0.6) is 0 Å². The van der Waals surface area contributed by atoms with Gasteiger partial charge in [0.25, 0.3) is 5.91 Å². The maximum Gasteiger partial charge on any atom is 0.340 e. The SMILES string of the molecule is Cc1ccc(NC(=O)CSc2ccccc2C(=O)OC(C)C(=O)N2CCCCCC2)cc1. The van der Waals surface area contributed by atoms with E-state index < -0.39 is 12.1 Å². The van der Waals surface area contributed by atoms with E-state index in [0.717, 1.165) is 36.9 Å². The molecule has 1 N–H and O–H groups in total. The van der Waals surface area contributed by atoms with Crippen molar-refractivity contribution in [1.82, 2.24) is 4.90 Å². The van der Waals surface area contributed by atoms with Crippen molar-refractivity contribution >= 4 is 35.2 Å². The first-order chi connectivity index (χ1) is 15.4. The Balaban J connectivity index is 1.57. The first-order valence-corrected chi connectivity index (χ1v) is 12.0. The third-order valence-corrected chi connectivity index (χ3v) is 6.42. The maximum atomic E-state index is 12.8. The second kappa shape index (κ2) is 11.7. The topological polar surface area (TPSA) is 75.7 Å². The number of hydrogen-bond acceptors (Lipinski definition) is 5. The van der Waals surface area contributed by atoms with Gasteiger partial charge in [-0.25, -0.2) is 4.79 Å². The molecule has 32 heavy (non-hydrogen) atoms. The van der Waals surface area contributed by atoms with Gasteiger partial charge in [0.15, 0.2) is 6.10 Å². The monoisotopic (exact) mass is 454 g/mol. The summed E-state index contributed by atoms with van der Waals surface area (Å²) in [7, 11) is 0. The normalized spacial score (nSPS) is 14.9. The summed E-state index contributed by atoms with van der Waals surface area (Å²) in [6.07, 6.45) is 3.37. The number of nitrogens with zero attached hydrogens (tertiary/aromatic N) is 1. The summed E-state index contributed by atoms with van der Waals surface area (Å²) in [6.45, 7) is 5.03. The van der Waals surface area contributed by atoms with Crippen molar-refractivity contribution in [2.24, 2.45) is 0 Å². The fourth-order valence-electron chi connectivity index (χ4n) is 3.56. The van der Waals surface area contributed by atoms with Gasteiger partial charge >= 0.3 is 5.97 Å². The van der Waals surface area contributed by atoms with Crippen LogP contribution in [0.2, 0.25) is 0 Å². The molecule has 2 amide bonds. The minimum absolute atomic E-state index is 0.150. The molecule has 0 aromatic heterocycles. The number of benzene rings is 2. The number of rotatable bonds is 7. The minimum Gasteiger partial charge on any atom is -0.449 e. The molecule has 1 aliphatic rings. The quantitative estimate of drug-likeness (QED) is 0.486. The largest absolute Gasteiger partial charge is 0.449 e. The fraction of sp³-hybridized carbons (Fsp3) is 0.400. The molecule has 1 atom stereocenters. The van der Waals surface area contributed by atoms with E-state index in [-0.39, 0.29) is 17.6 Å². The molecule has 7 heteroatoms. The Morgan fingerprint density at radius 3 is 2.34 bits per heavy atom. The molecule has 1 heterocycles. The number of amides is 2. The highest BCUT2D eigenvalue weighted by atomic mass is 32.2. The van der Waals surface area contributed by atoms with Crippen molar-refractivity contribution in [3.63, 3.8) is 0 Å². The highest BCUT2D eigenvalue weighted by molar-refractivity contribution is 8.00. The third-order valence-electron chi connectivity index (χ3n) is 5.35. The zero-order chi connectivity index (χ0) is 22.9. The Bertz CT molecular complexity index is 937. The molecule has 170 valence electrons. The standard InChI is InChI=1S/C25H30N2O4S/c1-18-11-13-20(14-12-18)26-23(28)17-32-22-10-6-5-9-21(22)25(30)31-19(2)24(29)27-15-7-3-4-8-16-27/h5-6,9-14,19H,3-4,7-8,15-17H2,1-2H3,(H,26,28). The van der Waals surface area contributed by atoms with Crippen molar-refractivity contribution in [2.75, 3.05) is 24.2 Å². The lowest BCUT2D eigenvalue weighted by Crippen LogP contribution is -2.40. The van der Waals surface area contributed by atoms with Gasteiger partial charge in [-0.2, -0.15) is 0 Å². The van der Waals surface area contributed by atoms with E-state index >= 15 is 0 Å². The number of ether oxygens (including phenoxy) is 1. The minimum atomic E-state index is -0.844. The van der Waals surface area contributed by atoms with Crippen LogP contribution < -0.4 is 5.32 Å². The van der Waals surface area contributed by atoms with Crippen LogP contribution in [0.3, 0.4) is 0 Å². The van der Waals surface area contributed by atoms with E-state index in [9.17, 15) is 14.4 Å². The van der Waals surface area contributed by atoms with Crippen LogP contribution in [0, 0.1) is 6.92 Å². The van der Waals surface area contributed by atoms with Crippen LogP contribution in [0.25, 0.3) is 0 Å². The van der Waals surface area contributed by atoms with Gasteiger partial charge in [-0.15, -0.1) is 11.8 Å². The van der Waals surface area contributed by atoms with E-state index in [1.54, 1.807) is 30.0 Å². The van der Waals surface area contributed by atoms with Crippen LogP contribution in [0.15, 0.2) is 53.4 Å². The predicted octanol–water partition coefficient (Wildman–Crippen LogP) is 4.67. The van der Waals surface area contributed by atoms with E-state index in [2.05, 4.69) is 5.32 Å². The lowest BCUT2D eigenvalue weighted by atomic mass is 10.2. The zero-order valence-electron chi connectivity index (χ0n) is 18.6. The van der Waals surface area contributed by atoms with Gasteiger partial charge in [0, 0.05) is 23.7 Å². The number of aryl methyl sites for hydroxylation is 1. The second-order valence-electron chi connectivity index (χ2n) is 7.99. The average molecular weight is 455 g/mol. The van der Waals surface area contributed by atoms with E-state index in [1.807, 2.05) is 37.3 Å². The Labute approximate surface area is 193 Å². The zero-order valence-corrected chi connectivity index (χ0v) is 19.5. The molecule has 1 aliphatic heterocycles. The Kier molecular flexibility index (Phi) is 8.73. The predicted molar refractivity (Wildman–Crippen MR) is 127 cm³/mol. The van der Waals surface area contributed by atoms with Gasteiger partial charge in [-0.3, -0.25) is 9.59 Å². The van der Waals surface area contributed by atoms with Crippen molar-refractivity contribution < 1.29 is 19.1 Å². The smallest absolute Gasteiger partial charge is 0.340 e. The number of thioether (sulfide) groups is 1. The van der Waals surface area contributed by atoms with E-state index in [1.165, 1.54) is 11.8 Å². The number of nitrogens with one attached hydrogen (secondary N) is 1. The number of anilines is 1. The lowest BCUT2D eigenvalue weighted by molar-refractivity contribution is -0.139. The molecule has 1 fully saturated rings. The van der Waals surface area contributed by atoms with Crippen molar-refractivity contribution in [3.8, 4) is 0 Å². The van der Waals surface area contributed by atoms with Gasteiger partial charge in [0.1, 0.15) is 0 Å². The molecular weight excluding hydrogens is 424 g/mol. The number of likely N-dealkylation sites (tertiary alicyclic amines) is 1. The highest BCUT2D eigenvalue weighted by Crippen LogP contribution is 2.24. The number of carbonyl (C=O) groups excluding carboxylic acids is 3. The van der Waals surface area contributed by atoms with Gasteiger partial charge in [-0.1, -0.05) is 42.7 Å². The number of carbonyl (C=O) groups is 3. The molecule has 1 unspecified atom stereocenters. The molecule has 1 saturated heterocycles. The molecule has 2 aromatic rings. The van der Waals surface area contributed by atoms with Gasteiger partial charge in [0.05, 0.1) is 11.3 Å². The maximum absolute atomic E-state index is 12.8. The number of hydrogen-bond donors (Lipinski definition) is 1. The first-order valence-electron chi connectivity index (χ1n) is 11.0. The second-order valence-corrected chi connectivity index (χ2v) is 9.00. The number of esters is 1. The Hall–Kier alpha value is -2.80. The molecule has 2 aromatic carbocycles. The average Bonchev–Trinajstić information content (AvgIpc) is 3.08. The van der Waals surface area contributed by atoms with Crippen LogP contribution in [0.4, 0.5) is 5.69 Å². The Morgan fingerprint density at radius 2 is 1.66 bits per heavy atom. The highest BCUT2D eigenvalue weighted by Gasteiger charge is 2.26. The van der Waals surface area contributed by atoms with Crippen molar-refractivity contribution in [1.29, 1.82) is 0 Å². The molecule has 0 spiro atoms. The lowest BCUT2D eigenvalue weighted by Gasteiger charge is -2.24. The molecule has 3 rings (SSSR count).